The van der Waals surface area contributed by atoms with Gasteiger partial charge in [0, 0.05) is 22.4 Å². The number of carbonyl (C=O) groups excluding carboxylic acids is 1. The van der Waals surface area contributed by atoms with E-state index in [1.807, 2.05) is 31.2 Å². The highest BCUT2D eigenvalue weighted by Gasteiger charge is 2.15. The lowest BCUT2D eigenvalue weighted by atomic mass is 10.2. The molecule has 9 heteroatoms. The largest absolute Gasteiger partial charge is 0.494 e. The molecule has 2 N–H and O–H groups in total. The lowest BCUT2D eigenvalue weighted by Gasteiger charge is -2.10. The van der Waals surface area contributed by atoms with Crippen LogP contribution in [0.25, 0.3) is 0 Å². The van der Waals surface area contributed by atoms with Crippen molar-refractivity contribution in [1.29, 1.82) is 5.26 Å². The Hall–Kier alpha value is -3.38. The number of non-ortho nitro benzene ring substituents is 1. The predicted molar refractivity (Wildman–Crippen MR) is 104 cm³/mol. The zero-order valence-corrected chi connectivity index (χ0v) is 16.0. The van der Waals surface area contributed by atoms with Crippen molar-refractivity contribution in [2.24, 2.45) is 0 Å². The van der Waals surface area contributed by atoms with Gasteiger partial charge in [-0.3, -0.25) is 14.9 Å². The summed E-state index contributed by atoms with van der Waals surface area (Å²) in [7, 11) is 1.33. The number of rotatable bonds is 6. The fourth-order valence-electron chi connectivity index (χ4n) is 2.17. The number of halogens is 1. The summed E-state index contributed by atoms with van der Waals surface area (Å²) in [6.07, 6.45) is 1.30. The van der Waals surface area contributed by atoms with Crippen molar-refractivity contribution in [3.63, 3.8) is 0 Å². The van der Waals surface area contributed by atoms with E-state index in [1.54, 1.807) is 0 Å². The number of ether oxygens (including phenoxy) is 1. The average Bonchev–Trinajstić information content (AvgIpc) is 2.63. The Bertz CT molecular complexity index is 966. The van der Waals surface area contributed by atoms with Crippen molar-refractivity contribution >= 4 is 38.9 Å². The Balaban J connectivity index is 2.20. The molecule has 2 aromatic carbocycles. The summed E-state index contributed by atoms with van der Waals surface area (Å²) in [5, 5.41) is 25.5. The molecule has 27 heavy (non-hydrogen) atoms. The molecule has 0 atom stereocenters. The second-order valence-corrected chi connectivity index (χ2v) is 6.28. The smallest absolute Gasteiger partial charge is 0.273 e. The molecule has 0 aliphatic carbocycles. The van der Waals surface area contributed by atoms with Crippen molar-refractivity contribution in [1.82, 2.24) is 0 Å². The number of methoxy groups -OCH3 is 1. The zero-order chi connectivity index (χ0) is 20.0. The number of nitrogens with zero attached hydrogens (tertiary/aromatic N) is 2. The van der Waals surface area contributed by atoms with Crippen LogP contribution in [0.5, 0.6) is 5.75 Å². The maximum Gasteiger partial charge on any atom is 0.273 e. The molecule has 1 amide bonds. The Morgan fingerprint density at radius 2 is 2.00 bits per heavy atom. The first-order valence-electron chi connectivity index (χ1n) is 7.62. The Kier molecular flexibility index (Phi) is 6.51. The molecule has 138 valence electrons. The van der Waals surface area contributed by atoms with Gasteiger partial charge in [-0.2, -0.15) is 5.26 Å². The van der Waals surface area contributed by atoms with Crippen LogP contribution in [0.1, 0.15) is 5.56 Å². The van der Waals surface area contributed by atoms with Crippen LogP contribution in [0, 0.1) is 28.4 Å². The molecule has 0 saturated carbocycles. The van der Waals surface area contributed by atoms with Crippen molar-refractivity contribution in [2.75, 3.05) is 17.7 Å². The van der Waals surface area contributed by atoms with Crippen LogP contribution >= 0.6 is 15.9 Å². The van der Waals surface area contributed by atoms with Crippen molar-refractivity contribution in [3.05, 3.63) is 68.3 Å². The van der Waals surface area contributed by atoms with Gasteiger partial charge in [0.1, 0.15) is 17.4 Å². The van der Waals surface area contributed by atoms with Gasteiger partial charge in [-0.05, 0) is 36.8 Å². The molecule has 0 fully saturated rings. The normalized spacial score (nSPS) is 10.7. The van der Waals surface area contributed by atoms with E-state index >= 15 is 0 Å². The molecule has 2 rings (SSSR count). The lowest BCUT2D eigenvalue weighted by molar-refractivity contribution is -0.384. The molecule has 0 heterocycles. The minimum absolute atomic E-state index is 0.117. The minimum Gasteiger partial charge on any atom is -0.494 e. The number of hydrogen-bond acceptors (Lipinski definition) is 6. The molecule has 0 aliphatic heterocycles. The summed E-state index contributed by atoms with van der Waals surface area (Å²) < 4.78 is 5.98. The van der Waals surface area contributed by atoms with Crippen LogP contribution in [0.3, 0.4) is 0 Å². The number of amides is 1. The molecule has 0 bridgehead atoms. The van der Waals surface area contributed by atoms with Gasteiger partial charge in [-0.25, -0.2) is 0 Å². The fraction of sp³-hybridized carbons (Fsp3) is 0.111. The quantitative estimate of drug-likeness (QED) is 0.307. The molecule has 0 saturated heterocycles. The maximum atomic E-state index is 12.4. The Morgan fingerprint density at radius 1 is 1.30 bits per heavy atom. The van der Waals surface area contributed by atoms with Gasteiger partial charge in [0.15, 0.2) is 0 Å². The van der Waals surface area contributed by atoms with Crippen molar-refractivity contribution in [2.45, 2.75) is 6.92 Å². The number of nitro groups is 1. The van der Waals surface area contributed by atoms with E-state index in [2.05, 4.69) is 26.6 Å². The number of nitriles is 1. The van der Waals surface area contributed by atoms with E-state index in [9.17, 15) is 20.2 Å². The molecule has 2 aromatic rings. The number of anilines is 2. The van der Waals surface area contributed by atoms with Crippen molar-refractivity contribution < 1.29 is 14.5 Å². The third kappa shape index (κ3) is 5.05. The van der Waals surface area contributed by atoms with Gasteiger partial charge in [0.2, 0.25) is 0 Å². The first-order valence-corrected chi connectivity index (χ1v) is 8.41. The van der Waals surface area contributed by atoms with E-state index in [1.165, 1.54) is 31.5 Å². The highest BCUT2D eigenvalue weighted by molar-refractivity contribution is 9.10. The second kappa shape index (κ2) is 8.82. The minimum atomic E-state index is -0.674. The van der Waals surface area contributed by atoms with E-state index in [0.717, 1.165) is 15.7 Å². The standard InChI is InChI=1S/C18H15BrN4O4/c1-11-7-13(19)3-5-15(11)21-10-12(9-20)18(24)22-16-6-4-14(23(25)26)8-17(16)27-2/h3-8,10,21H,1-2H3,(H,22,24)/b12-10-. The summed E-state index contributed by atoms with van der Waals surface area (Å²) in [6.45, 7) is 1.88. The van der Waals surface area contributed by atoms with Crippen LogP contribution in [0.4, 0.5) is 17.1 Å². The second-order valence-electron chi connectivity index (χ2n) is 5.37. The SMILES string of the molecule is COc1cc([N+](=O)[O-])ccc1NC(=O)/C(C#N)=C\Nc1ccc(Br)cc1C. The molecule has 0 aromatic heterocycles. The fourth-order valence-corrected chi connectivity index (χ4v) is 2.65. The summed E-state index contributed by atoms with van der Waals surface area (Å²) in [4.78, 5) is 22.6. The molecule has 0 unspecified atom stereocenters. The molecule has 0 radical (unpaired) electrons. The monoisotopic (exact) mass is 430 g/mol. The maximum absolute atomic E-state index is 12.4. The summed E-state index contributed by atoms with van der Waals surface area (Å²) in [6, 6.07) is 11.1. The average molecular weight is 431 g/mol. The number of benzene rings is 2. The van der Waals surface area contributed by atoms with Crippen LogP contribution in [-0.2, 0) is 4.79 Å². The Morgan fingerprint density at radius 3 is 2.59 bits per heavy atom. The molecule has 0 spiro atoms. The predicted octanol–water partition coefficient (Wildman–Crippen LogP) is 4.13. The van der Waals surface area contributed by atoms with Gasteiger partial charge in [-0.1, -0.05) is 15.9 Å². The van der Waals surface area contributed by atoms with Crippen LogP contribution in [0.2, 0.25) is 0 Å². The zero-order valence-electron chi connectivity index (χ0n) is 14.4. The van der Waals surface area contributed by atoms with Gasteiger partial charge in [0.05, 0.1) is 23.8 Å². The summed E-state index contributed by atoms with van der Waals surface area (Å²) >= 11 is 3.36. The number of aryl methyl sites for hydroxylation is 1. The number of carbonyl (C=O) groups is 1. The van der Waals surface area contributed by atoms with Gasteiger partial charge in [-0.15, -0.1) is 0 Å². The third-order valence-corrected chi connectivity index (χ3v) is 4.06. The van der Waals surface area contributed by atoms with Crippen LogP contribution < -0.4 is 15.4 Å². The van der Waals surface area contributed by atoms with Gasteiger partial charge < -0.3 is 15.4 Å². The van der Waals surface area contributed by atoms with E-state index in [0.29, 0.717) is 0 Å². The van der Waals surface area contributed by atoms with Gasteiger partial charge >= 0.3 is 0 Å². The number of nitro benzene ring substituents is 1. The highest BCUT2D eigenvalue weighted by atomic mass is 79.9. The molecule has 0 aliphatic rings. The van der Waals surface area contributed by atoms with Gasteiger partial charge in [0.25, 0.3) is 11.6 Å². The molecular formula is C18H15BrN4O4. The van der Waals surface area contributed by atoms with Crippen LogP contribution in [0.15, 0.2) is 52.6 Å². The molecule has 8 nitrogen and oxygen atoms in total. The molecular weight excluding hydrogens is 416 g/mol. The highest BCUT2D eigenvalue weighted by Crippen LogP contribution is 2.29. The summed E-state index contributed by atoms with van der Waals surface area (Å²) in [5.74, 6) is -0.557. The first-order chi connectivity index (χ1) is 12.8. The van der Waals surface area contributed by atoms with E-state index < -0.39 is 10.8 Å². The lowest BCUT2D eigenvalue weighted by Crippen LogP contribution is -2.15. The summed E-state index contributed by atoms with van der Waals surface area (Å²) in [5.41, 5.74) is 1.54. The third-order valence-electron chi connectivity index (χ3n) is 3.57. The van der Waals surface area contributed by atoms with Crippen LogP contribution in [-0.4, -0.2) is 17.9 Å². The topological polar surface area (TPSA) is 117 Å². The first kappa shape index (κ1) is 19.9. The number of hydrogen-bond donors (Lipinski definition) is 2. The van der Waals surface area contributed by atoms with Crippen molar-refractivity contribution in [3.8, 4) is 11.8 Å². The number of nitrogens with one attached hydrogen (secondary N) is 2. The van der Waals surface area contributed by atoms with E-state index in [4.69, 9.17) is 4.74 Å². The Labute approximate surface area is 163 Å². The van der Waals surface area contributed by atoms with E-state index in [-0.39, 0.29) is 22.7 Å².